The average Bonchev–Trinajstić information content (AvgIpc) is 2.39. The minimum atomic E-state index is 0.408. The molecular weight excluding hydrogens is 290 g/mol. The SMILES string of the molecule is CCNC(c1ccc(OC)cc1Br)C(CC)CC. The molecule has 1 aromatic rings. The number of hydrogen-bond donors (Lipinski definition) is 1. The summed E-state index contributed by atoms with van der Waals surface area (Å²) in [5, 5.41) is 3.61. The molecule has 0 bridgehead atoms. The molecule has 18 heavy (non-hydrogen) atoms. The molecule has 1 rings (SSSR count). The van der Waals surface area contributed by atoms with Gasteiger partial charge in [0.15, 0.2) is 0 Å². The number of methoxy groups -OCH3 is 1. The molecule has 0 saturated carbocycles. The first-order valence-electron chi connectivity index (χ1n) is 6.74. The fraction of sp³-hybridized carbons (Fsp3) is 0.600. The lowest BCUT2D eigenvalue weighted by Gasteiger charge is -2.27. The van der Waals surface area contributed by atoms with Crippen LogP contribution in [0, 0.1) is 5.92 Å². The van der Waals surface area contributed by atoms with Crippen molar-refractivity contribution in [1.82, 2.24) is 5.32 Å². The van der Waals surface area contributed by atoms with E-state index in [0.717, 1.165) is 16.8 Å². The maximum absolute atomic E-state index is 5.25. The Hall–Kier alpha value is -0.540. The summed E-state index contributed by atoms with van der Waals surface area (Å²) < 4.78 is 6.38. The van der Waals surface area contributed by atoms with Crippen molar-refractivity contribution in [3.05, 3.63) is 28.2 Å². The minimum Gasteiger partial charge on any atom is -0.497 e. The molecule has 0 saturated heterocycles. The minimum absolute atomic E-state index is 0.408. The van der Waals surface area contributed by atoms with Crippen LogP contribution in [0.15, 0.2) is 22.7 Å². The van der Waals surface area contributed by atoms with E-state index in [1.165, 1.54) is 18.4 Å². The van der Waals surface area contributed by atoms with E-state index in [9.17, 15) is 0 Å². The van der Waals surface area contributed by atoms with Gasteiger partial charge in [-0.25, -0.2) is 0 Å². The molecule has 2 nitrogen and oxygen atoms in total. The molecule has 0 aliphatic rings. The highest BCUT2D eigenvalue weighted by Gasteiger charge is 2.21. The van der Waals surface area contributed by atoms with E-state index in [4.69, 9.17) is 4.74 Å². The second-order valence-corrected chi connectivity index (χ2v) is 5.35. The first-order chi connectivity index (χ1) is 8.67. The van der Waals surface area contributed by atoms with E-state index in [2.05, 4.69) is 48.1 Å². The lowest BCUT2D eigenvalue weighted by atomic mass is 9.89. The third kappa shape index (κ3) is 3.72. The molecule has 1 N–H and O–H groups in total. The summed E-state index contributed by atoms with van der Waals surface area (Å²) in [7, 11) is 1.70. The van der Waals surface area contributed by atoms with Gasteiger partial charge in [0.2, 0.25) is 0 Å². The first-order valence-corrected chi connectivity index (χ1v) is 7.53. The van der Waals surface area contributed by atoms with Crippen molar-refractivity contribution in [3.63, 3.8) is 0 Å². The van der Waals surface area contributed by atoms with Gasteiger partial charge in [0, 0.05) is 10.5 Å². The van der Waals surface area contributed by atoms with Crippen LogP contribution < -0.4 is 10.1 Å². The third-order valence-corrected chi connectivity index (χ3v) is 4.17. The van der Waals surface area contributed by atoms with Crippen LogP contribution in [-0.4, -0.2) is 13.7 Å². The number of benzene rings is 1. The van der Waals surface area contributed by atoms with Gasteiger partial charge in [-0.1, -0.05) is 55.6 Å². The number of rotatable bonds is 7. The summed E-state index contributed by atoms with van der Waals surface area (Å²) in [4.78, 5) is 0. The van der Waals surface area contributed by atoms with Gasteiger partial charge in [-0.3, -0.25) is 0 Å². The molecule has 3 heteroatoms. The maximum Gasteiger partial charge on any atom is 0.120 e. The van der Waals surface area contributed by atoms with Crippen molar-refractivity contribution >= 4 is 15.9 Å². The highest BCUT2D eigenvalue weighted by Crippen LogP contribution is 2.34. The van der Waals surface area contributed by atoms with Gasteiger partial charge in [0.25, 0.3) is 0 Å². The molecule has 0 fully saturated rings. The molecule has 0 aliphatic carbocycles. The van der Waals surface area contributed by atoms with Gasteiger partial charge < -0.3 is 10.1 Å². The summed E-state index contributed by atoms with van der Waals surface area (Å²) in [6, 6.07) is 6.65. The van der Waals surface area contributed by atoms with E-state index >= 15 is 0 Å². The van der Waals surface area contributed by atoms with Crippen molar-refractivity contribution < 1.29 is 4.74 Å². The van der Waals surface area contributed by atoms with Gasteiger partial charge in [-0.05, 0) is 30.2 Å². The quantitative estimate of drug-likeness (QED) is 0.797. The largest absolute Gasteiger partial charge is 0.497 e. The number of nitrogens with one attached hydrogen (secondary N) is 1. The van der Waals surface area contributed by atoms with Crippen LogP contribution in [0.25, 0.3) is 0 Å². The summed E-state index contributed by atoms with van der Waals surface area (Å²) in [6.45, 7) is 7.66. The van der Waals surface area contributed by atoms with E-state index < -0.39 is 0 Å². The van der Waals surface area contributed by atoms with Crippen molar-refractivity contribution in [2.45, 2.75) is 39.7 Å². The fourth-order valence-electron chi connectivity index (χ4n) is 2.40. The summed E-state index contributed by atoms with van der Waals surface area (Å²) in [6.07, 6.45) is 2.37. The number of halogens is 1. The van der Waals surface area contributed by atoms with Gasteiger partial charge >= 0.3 is 0 Å². The van der Waals surface area contributed by atoms with E-state index in [1.807, 2.05) is 12.1 Å². The molecule has 0 spiro atoms. The van der Waals surface area contributed by atoms with Crippen LogP contribution in [-0.2, 0) is 0 Å². The van der Waals surface area contributed by atoms with Crippen LogP contribution in [0.5, 0.6) is 5.75 Å². The third-order valence-electron chi connectivity index (χ3n) is 3.49. The lowest BCUT2D eigenvalue weighted by Crippen LogP contribution is -2.28. The smallest absolute Gasteiger partial charge is 0.120 e. The molecule has 0 heterocycles. The normalized spacial score (nSPS) is 12.8. The Labute approximate surface area is 119 Å². The molecule has 0 aromatic heterocycles. The first kappa shape index (κ1) is 15.5. The molecule has 1 aromatic carbocycles. The van der Waals surface area contributed by atoms with E-state index in [0.29, 0.717) is 12.0 Å². The Bertz CT molecular complexity index is 364. The van der Waals surface area contributed by atoms with Crippen molar-refractivity contribution in [2.24, 2.45) is 5.92 Å². The summed E-state index contributed by atoms with van der Waals surface area (Å²) in [5.41, 5.74) is 1.33. The molecule has 0 aliphatic heterocycles. The Morgan fingerprint density at radius 2 is 1.89 bits per heavy atom. The second-order valence-electron chi connectivity index (χ2n) is 4.50. The molecule has 0 amide bonds. The number of ether oxygens (including phenoxy) is 1. The Balaban J connectivity index is 3.04. The maximum atomic E-state index is 5.25. The molecular formula is C15H24BrNO. The average molecular weight is 314 g/mol. The molecule has 0 radical (unpaired) electrons. The van der Waals surface area contributed by atoms with E-state index in [1.54, 1.807) is 7.11 Å². The molecule has 1 atom stereocenters. The van der Waals surface area contributed by atoms with Crippen LogP contribution in [0.2, 0.25) is 0 Å². The van der Waals surface area contributed by atoms with E-state index in [-0.39, 0.29) is 0 Å². The van der Waals surface area contributed by atoms with Crippen LogP contribution >= 0.6 is 15.9 Å². The van der Waals surface area contributed by atoms with Crippen molar-refractivity contribution in [1.29, 1.82) is 0 Å². The van der Waals surface area contributed by atoms with Crippen LogP contribution in [0.3, 0.4) is 0 Å². The van der Waals surface area contributed by atoms with Gasteiger partial charge in [0.05, 0.1) is 7.11 Å². The zero-order valence-corrected chi connectivity index (χ0v) is 13.4. The highest BCUT2D eigenvalue weighted by atomic mass is 79.9. The van der Waals surface area contributed by atoms with Crippen molar-refractivity contribution in [3.8, 4) is 5.75 Å². The highest BCUT2D eigenvalue weighted by molar-refractivity contribution is 9.10. The Kier molecular flexibility index (Phi) is 6.72. The van der Waals surface area contributed by atoms with Gasteiger partial charge in [-0.15, -0.1) is 0 Å². The molecule has 1 unspecified atom stereocenters. The van der Waals surface area contributed by atoms with Crippen molar-refractivity contribution in [2.75, 3.05) is 13.7 Å². The predicted octanol–water partition coefficient (Wildman–Crippen LogP) is 4.54. The second kappa shape index (κ2) is 7.80. The zero-order chi connectivity index (χ0) is 13.5. The summed E-state index contributed by atoms with van der Waals surface area (Å²) >= 11 is 3.67. The summed E-state index contributed by atoms with van der Waals surface area (Å²) in [5.74, 6) is 1.56. The zero-order valence-electron chi connectivity index (χ0n) is 11.8. The Morgan fingerprint density at radius 3 is 2.33 bits per heavy atom. The van der Waals surface area contributed by atoms with Crippen LogP contribution in [0.1, 0.15) is 45.2 Å². The lowest BCUT2D eigenvalue weighted by molar-refractivity contribution is 0.345. The predicted molar refractivity (Wildman–Crippen MR) is 81.2 cm³/mol. The van der Waals surface area contributed by atoms with Gasteiger partial charge in [-0.2, -0.15) is 0 Å². The molecule has 102 valence electrons. The Morgan fingerprint density at radius 1 is 1.22 bits per heavy atom. The standard InChI is InChI=1S/C15H24BrNO/c1-5-11(6-2)15(17-7-3)13-9-8-12(18-4)10-14(13)16/h8-11,15,17H,5-7H2,1-4H3. The van der Waals surface area contributed by atoms with Gasteiger partial charge in [0.1, 0.15) is 5.75 Å². The van der Waals surface area contributed by atoms with Crippen LogP contribution in [0.4, 0.5) is 0 Å². The number of hydrogen-bond acceptors (Lipinski definition) is 2. The fourth-order valence-corrected chi connectivity index (χ4v) is 3.00. The topological polar surface area (TPSA) is 21.3 Å². The monoisotopic (exact) mass is 313 g/mol.